The summed E-state index contributed by atoms with van der Waals surface area (Å²) in [6.07, 6.45) is 1.61. The second-order valence-corrected chi connectivity index (χ2v) is 5.59. The lowest BCUT2D eigenvalue weighted by atomic mass is 10.1. The lowest BCUT2D eigenvalue weighted by Gasteiger charge is -2.23. The fraction of sp³-hybridized carbons (Fsp3) is 0.750. The highest BCUT2D eigenvalue weighted by Gasteiger charge is 2.20. The molecule has 0 bridgehead atoms. The zero-order valence-corrected chi connectivity index (χ0v) is 12.2. The lowest BCUT2D eigenvalue weighted by Crippen LogP contribution is -2.42. The first-order valence-electron chi connectivity index (χ1n) is 6.44. The lowest BCUT2D eigenvalue weighted by molar-refractivity contribution is -0.140. The van der Waals surface area contributed by atoms with Crippen LogP contribution in [0, 0.1) is 0 Å². The number of hydrogen-bond acceptors (Lipinski definition) is 5. The predicted octanol–water partition coefficient (Wildman–Crippen LogP) is -0.396. The molecule has 7 nitrogen and oxygen atoms in total. The Balaban J connectivity index is 2.22. The Labute approximate surface area is 121 Å². The van der Waals surface area contributed by atoms with Gasteiger partial charge in [0, 0.05) is 31.9 Å². The van der Waals surface area contributed by atoms with E-state index in [1.807, 2.05) is 0 Å². The van der Waals surface area contributed by atoms with E-state index in [2.05, 4.69) is 10.6 Å². The molecular weight excluding hydrogens is 284 g/mol. The standard InChI is InChI=1S/C12H20N2O5S/c1-8(15)13-10(12(17)18)6-20-7-11(16)14-9-2-4-19-5-3-9/h9-10H,2-7H2,1H3,(H,13,15)(H,14,16)(H,17,18). The third kappa shape index (κ3) is 6.76. The molecule has 8 heteroatoms. The van der Waals surface area contributed by atoms with Crippen LogP contribution >= 0.6 is 11.8 Å². The molecule has 0 aromatic rings. The maximum atomic E-state index is 11.7. The van der Waals surface area contributed by atoms with Gasteiger partial charge in [-0.3, -0.25) is 9.59 Å². The van der Waals surface area contributed by atoms with Gasteiger partial charge in [-0.25, -0.2) is 4.79 Å². The van der Waals surface area contributed by atoms with Crippen LogP contribution in [0.2, 0.25) is 0 Å². The monoisotopic (exact) mass is 304 g/mol. The molecule has 1 saturated heterocycles. The number of aliphatic carboxylic acids is 1. The first-order chi connectivity index (χ1) is 9.49. The van der Waals surface area contributed by atoms with Gasteiger partial charge < -0.3 is 20.5 Å². The zero-order chi connectivity index (χ0) is 15.0. The number of ether oxygens (including phenoxy) is 1. The summed E-state index contributed by atoms with van der Waals surface area (Å²) in [5.74, 6) is -1.27. The van der Waals surface area contributed by atoms with Crippen molar-refractivity contribution in [1.29, 1.82) is 0 Å². The fourth-order valence-electron chi connectivity index (χ4n) is 1.80. The average Bonchev–Trinajstić information content (AvgIpc) is 2.38. The van der Waals surface area contributed by atoms with Crippen LogP contribution in [0.25, 0.3) is 0 Å². The van der Waals surface area contributed by atoms with Crippen molar-refractivity contribution in [3.05, 3.63) is 0 Å². The molecular formula is C12H20N2O5S. The van der Waals surface area contributed by atoms with Gasteiger partial charge in [-0.05, 0) is 12.8 Å². The molecule has 0 aromatic carbocycles. The molecule has 0 saturated carbocycles. The summed E-state index contributed by atoms with van der Waals surface area (Å²) >= 11 is 1.19. The summed E-state index contributed by atoms with van der Waals surface area (Å²) in [5.41, 5.74) is 0. The van der Waals surface area contributed by atoms with Crippen LogP contribution in [0.3, 0.4) is 0 Å². The fourth-order valence-corrected chi connectivity index (χ4v) is 2.65. The van der Waals surface area contributed by atoms with Crippen LogP contribution in [-0.2, 0) is 19.1 Å². The van der Waals surface area contributed by atoms with Gasteiger partial charge in [-0.2, -0.15) is 0 Å². The van der Waals surface area contributed by atoms with Crippen molar-refractivity contribution in [1.82, 2.24) is 10.6 Å². The van der Waals surface area contributed by atoms with Crippen molar-refractivity contribution < 1.29 is 24.2 Å². The summed E-state index contributed by atoms with van der Waals surface area (Å²) in [6, 6.07) is -0.823. The van der Waals surface area contributed by atoms with Gasteiger partial charge in [0.25, 0.3) is 0 Å². The SMILES string of the molecule is CC(=O)NC(CSCC(=O)NC1CCOCC1)C(=O)O. The minimum atomic E-state index is -1.10. The number of hydrogen-bond donors (Lipinski definition) is 3. The smallest absolute Gasteiger partial charge is 0.327 e. The number of carboxylic acids is 1. The molecule has 1 unspecified atom stereocenters. The van der Waals surface area contributed by atoms with E-state index in [1.54, 1.807) is 0 Å². The molecule has 1 atom stereocenters. The van der Waals surface area contributed by atoms with E-state index >= 15 is 0 Å². The second kappa shape index (κ2) is 8.80. The predicted molar refractivity (Wildman–Crippen MR) is 74.5 cm³/mol. The molecule has 20 heavy (non-hydrogen) atoms. The van der Waals surface area contributed by atoms with Crippen molar-refractivity contribution in [2.45, 2.75) is 31.8 Å². The minimum absolute atomic E-state index is 0.117. The van der Waals surface area contributed by atoms with Gasteiger partial charge in [0.1, 0.15) is 6.04 Å². The van der Waals surface area contributed by atoms with E-state index in [4.69, 9.17) is 9.84 Å². The van der Waals surface area contributed by atoms with E-state index in [0.29, 0.717) is 13.2 Å². The second-order valence-electron chi connectivity index (χ2n) is 4.56. The van der Waals surface area contributed by atoms with Crippen LogP contribution < -0.4 is 10.6 Å². The molecule has 2 amide bonds. The molecule has 114 valence electrons. The molecule has 0 radical (unpaired) electrons. The van der Waals surface area contributed by atoms with Crippen LogP contribution in [0.15, 0.2) is 0 Å². The van der Waals surface area contributed by atoms with Gasteiger partial charge >= 0.3 is 5.97 Å². The molecule has 1 aliphatic rings. The maximum absolute atomic E-state index is 11.7. The minimum Gasteiger partial charge on any atom is -0.480 e. The number of thioether (sulfide) groups is 1. The van der Waals surface area contributed by atoms with Crippen molar-refractivity contribution in [3.63, 3.8) is 0 Å². The Morgan fingerprint density at radius 3 is 2.55 bits per heavy atom. The number of carbonyl (C=O) groups excluding carboxylic acids is 2. The van der Waals surface area contributed by atoms with Crippen molar-refractivity contribution in [3.8, 4) is 0 Å². The highest BCUT2D eigenvalue weighted by atomic mass is 32.2. The van der Waals surface area contributed by atoms with Gasteiger partial charge in [0.05, 0.1) is 5.75 Å². The van der Waals surface area contributed by atoms with E-state index in [0.717, 1.165) is 12.8 Å². The summed E-state index contributed by atoms with van der Waals surface area (Å²) in [5, 5.41) is 14.1. The van der Waals surface area contributed by atoms with Crippen LogP contribution in [0.1, 0.15) is 19.8 Å². The Morgan fingerprint density at radius 2 is 2.00 bits per heavy atom. The highest BCUT2D eigenvalue weighted by molar-refractivity contribution is 8.00. The zero-order valence-electron chi connectivity index (χ0n) is 11.4. The number of carboxylic acid groups (broad SMARTS) is 1. The topological polar surface area (TPSA) is 105 Å². The van der Waals surface area contributed by atoms with Crippen molar-refractivity contribution >= 4 is 29.5 Å². The van der Waals surface area contributed by atoms with Crippen LogP contribution in [0.5, 0.6) is 0 Å². The molecule has 1 heterocycles. The number of amides is 2. The Morgan fingerprint density at radius 1 is 1.35 bits per heavy atom. The Bertz CT molecular complexity index is 358. The molecule has 3 N–H and O–H groups in total. The number of rotatable bonds is 7. The van der Waals surface area contributed by atoms with Gasteiger partial charge in [-0.15, -0.1) is 11.8 Å². The van der Waals surface area contributed by atoms with E-state index in [9.17, 15) is 14.4 Å². The van der Waals surface area contributed by atoms with Crippen LogP contribution in [0.4, 0.5) is 0 Å². The van der Waals surface area contributed by atoms with Gasteiger partial charge in [0.15, 0.2) is 0 Å². The van der Waals surface area contributed by atoms with Crippen molar-refractivity contribution in [2.75, 3.05) is 24.7 Å². The molecule has 0 aromatic heterocycles. The average molecular weight is 304 g/mol. The molecule has 0 spiro atoms. The summed E-state index contributed by atoms with van der Waals surface area (Å²) < 4.78 is 5.20. The normalized spacial score (nSPS) is 17.2. The van der Waals surface area contributed by atoms with Gasteiger partial charge in [0.2, 0.25) is 11.8 Å². The largest absolute Gasteiger partial charge is 0.480 e. The Hall–Kier alpha value is -1.28. The third-order valence-corrected chi connectivity index (χ3v) is 3.82. The van der Waals surface area contributed by atoms with Crippen molar-refractivity contribution in [2.24, 2.45) is 0 Å². The number of carbonyl (C=O) groups is 3. The molecule has 1 fully saturated rings. The Kier molecular flexibility index (Phi) is 7.38. The highest BCUT2D eigenvalue weighted by Crippen LogP contribution is 2.08. The first-order valence-corrected chi connectivity index (χ1v) is 7.59. The van der Waals surface area contributed by atoms with Gasteiger partial charge in [-0.1, -0.05) is 0 Å². The first kappa shape index (κ1) is 16.8. The number of nitrogens with one attached hydrogen (secondary N) is 2. The molecule has 1 rings (SSSR count). The molecule has 0 aliphatic carbocycles. The van der Waals surface area contributed by atoms with E-state index < -0.39 is 17.9 Å². The maximum Gasteiger partial charge on any atom is 0.327 e. The van der Waals surface area contributed by atoms with E-state index in [-0.39, 0.29) is 23.5 Å². The summed E-state index contributed by atoms with van der Waals surface area (Å²) in [6.45, 7) is 2.57. The molecule has 1 aliphatic heterocycles. The summed E-state index contributed by atoms with van der Waals surface area (Å²) in [4.78, 5) is 33.4. The van der Waals surface area contributed by atoms with Crippen LogP contribution in [-0.4, -0.2) is 59.7 Å². The quantitative estimate of drug-likeness (QED) is 0.591. The summed E-state index contributed by atoms with van der Waals surface area (Å²) in [7, 11) is 0. The third-order valence-electron chi connectivity index (χ3n) is 2.78. The van der Waals surface area contributed by atoms with E-state index in [1.165, 1.54) is 18.7 Å².